The number of hydrogen-bond donors (Lipinski definition) is 1. The van der Waals surface area contributed by atoms with E-state index in [1.807, 2.05) is 24.3 Å². The molecule has 0 saturated carbocycles. The summed E-state index contributed by atoms with van der Waals surface area (Å²) in [6, 6.07) is 7.41. The maximum atomic E-state index is 11.7. The van der Waals surface area contributed by atoms with E-state index in [0.29, 0.717) is 5.82 Å². The van der Waals surface area contributed by atoms with Crippen molar-refractivity contribution in [3.8, 4) is 0 Å². The summed E-state index contributed by atoms with van der Waals surface area (Å²) in [4.78, 5) is 11.7. The molecule has 17 heavy (non-hydrogen) atoms. The third-order valence-corrected chi connectivity index (χ3v) is 2.87. The minimum Gasteiger partial charge on any atom is -0.325 e. The Hall–Kier alpha value is -1.76. The van der Waals surface area contributed by atoms with E-state index in [-0.39, 0.29) is 12.3 Å². The smallest absolute Gasteiger partial charge is 0.232 e. The van der Waals surface area contributed by atoms with Gasteiger partial charge in [-0.05, 0) is 38.5 Å². The molecule has 0 aliphatic heterocycles. The van der Waals surface area contributed by atoms with Crippen LogP contribution >= 0.6 is 15.9 Å². The van der Waals surface area contributed by atoms with Crippen molar-refractivity contribution in [3.05, 3.63) is 34.6 Å². The Balaban J connectivity index is 2.03. The molecule has 7 heteroatoms. The molecule has 1 N–H and O–H groups in total. The molecule has 1 aromatic carbocycles. The standard InChI is InChI=1S/C10H10BrN5O/c1-16-9(13-14-15-16)6-10(17)12-8-5-3-2-4-7(8)11/h2-5H,6H2,1H3,(H,12,17). The molecule has 1 amide bonds. The van der Waals surface area contributed by atoms with Gasteiger partial charge < -0.3 is 5.32 Å². The van der Waals surface area contributed by atoms with Crippen molar-refractivity contribution < 1.29 is 4.79 Å². The van der Waals surface area contributed by atoms with E-state index >= 15 is 0 Å². The number of tetrazole rings is 1. The number of nitrogens with one attached hydrogen (secondary N) is 1. The fourth-order valence-corrected chi connectivity index (χ4v) is 1.68. The number of nitrogens with zero attached hydrogens (tertiary/aromatic N) is 4. The summed E-state index contributed by atoms with van der Waals surface area (Å²) in [5, 5.41) is 13.7. The summed E-state index contributed by atoms with van der Waals surface area (Å²) in [6.45, 7) is 0. The van der Waals surface area contributed by atoms with Crippen molar-refractivity contribution in [1.82, 2.24) is 20.2 Å². The van der Waals surface area contributed by atoms with E-state index in [0.717, 1.165) is 10.2 Å². The average molecular weight is 296 g/mol. The zero-order valence-corrected chi connectivity index (χ0v) is 10.7. The number of hydrogen-bond acceptors (Lipinski definition) is 4. The molecule has 0 aliphatic carbocycles. The zero-order chi connectivity index (χ0) is 12.3. The summed E-state index contributed by atoms with van der Waals surface area (Å²) >= 11 is 3.36. The van der Waals surface area contributed by atoms with Crippen LogP contribution in [0.3, 0.4) is 0 Å². The van der Waals surface area contributed by atoms with E-state index < -0.39 is 0 Å². The number of anilines is 1. The highest BCUT2D eigenvalue weighted by atomic mass is 79.9. The maximum absolute atomic E-state index is 11.7. The van der Waals surface area contributed by atoms with Crippen LogP contribution in [0.4, 0.5) is 5.69 Å². The van der Waals surface area contributed by atoms with Gasteiger partial charge >= 0.3 is 0 Å². The Morgan fingerprint density at radius 2 is 2.24 bits per heavy atom. The molecule has 2 aromatic rings. The van der Waals surface area contributed by atoms with Gasteiger partial charge in [0.1, 0.15) is 0 Å². The summed E-state index contributed by atoms with van der Waals surface area (Å²) in [5.41, 5.74) is 0.729. The van der Waals surface area contributed by atoms with Crippen molar-refractivity contribution in [3.63, 3.8) is 0 Å². The molecule has 0 aliphatic rings. The highest BCUT2D eigenvalue weighted by molar-refractivity contribution is 9.10. The van der Waals surface area contributed by atoms with Crippen molar-refractivity contribution in [2.75, 3.05) is 5.32 Å². The Kier molecular flexibility index (Phi) is 3.48. The van der Waals surface area contributed by atoms with Gasteiger partial charge in [-0.1, -0.05) is 12.1 Å². The van der Waals surface area contributed by atoms with Crippen molar-refractivity contribution in [1.29, 1.82) is 0 Å². The predicted molar refractivity (Wildman–Crippen MR) is 65.3 cm³/mol. The van der Waals surface area contributed by atoms with Crippen LogP contribution in [0.2, 0.25) is 0 Å². The number of benzene rings is 1. The number of rotatable bonds is 3. The lowest BCUT2D eigenvalue weighted by molar-refractivity contribution is -0.115. The average Bonchev–Trinajstić information content (AvgIpc) is 2.68. The molecule has 0 unspecified atom stereocenters. The fraction of sp³-hybridized carbons (Fsp3) is 0.200. The van der Waals surface area contributed by atoms with Gasteiger partial charge in [0.25, 0.3) is 0 Å². The van der Waals surface area contributed by atoms with Crippen molar-refractivity contribution in [2.24, 2.45) is 7.05 Å². The van der Waals surface area contributed by atoms with Gasteiger partial charge in [-0.25, -0.2) is 4.68 Å². The monoisotopic (exact) mass is 295 g/mol. The lowest BCUT2D eigenvalue weighted by atomic mass is 10.3. The molecular formula is C10H10BrN5O. The van der Waals surface area contributed by atoms with E-state index in [9.17, 15) is 4.79 Å². The van der Waals surface area contributed by atoms with Gasteiger partial charge in [0, 0.05) is 11.5 Å². The number of aryl methyl sites for hydroxylation is 1. The zero-order valence-electron chi connectivity index (χ0n) is 9.09. The summed E-state index contributed by atoms with van der Waals surface area (Å²) < 4.78 is 2.31. The van der Waals surface area contributed by atoms with Gasteiger partial charge in [-0.15, -0.1) is 5.10 Å². The Morgan fingerprint density at radius 1 is 1.47 bits per heavy atom. The Bertz CT molecular complexity index is 539. The first-order chi connectivity index (χ1) is 8.16. The lowest BCUT2D eigenvalue weighted by Crippen LogP contribution is -2.17. The second-order valence-corrected chi connectivity index (χ2v) is 4.28. The van der Waals surface area contributed by atoms with Crippen LogP contribution in [0.5, 0.6) is 0 Å². The number of aromatic nitrogens is 4. The van der Waals surface area contributed by atoms with Gasteiger partial charge in [0.05, 0.1) is 12.1 Å². The molecule has 0 radical (unpaired) electrons. The molecule has 0 bridgehead atoms. The molecule has 0 spiro atoms. The molecule has 2 rings (SSSR count). The number of halogens is 1. The first kappa shape index (κ1) is 11.7. The van der Waals surface area contributed by atoms with Crippen LogP contribution in [0.15, 0.2) is 28.7 Å². The minimum atomic E-state index is -0.158. The van der Waals surface area contributed by atoms with E-state index in [1.54, 1.807) is 7.05 Å². The van der Waals surface area contributed by atoms with Crippen molar-refractivity contribution in [2.45, 2.75) is 6.42 Å². The van der Waals surface area contributed by atoms with E-state index in [1.165, 1.54) is 4.68 Å². The first-order valence-corrected chi connectivity index (χ1v) is 5.71. The van der Waals surface area contributed by atoms with E-state index in [4.69, 9.17) is 0 Å². The Labute approximate surface area is 106 Å². The largest absolute Gasteiger partial charge is 0.325 e. The van der Waals surface area contributed by atoms with Crippen molar-refractivity contribution >= 4 is 27.5 Å². The lowest BCUT2D eigenvalue weighted by Gasteiger charge is -2.06. The predicted octanol–water partition coefficient (Wildman–Crippen LogP) is 1.15. The second kappa shape index (κ2) is 5.05. The summed E-state index contributed by atoms with van der Waals surface area (Å²) in [6.07, 6.45) is 0.144. The number of amides is 1. The van der Waals surface area contributed by atoms with Gasteiger partial charge in [0.15, 0.2) is 5.82 Å². The third-order valence-electron chi connectivity index (χ3n) is 2.17. The van der Waals surface area contributed by atoms with Gasteiger partial charge in [-0.3, -0.25) is 4.79 Å². The van der Waals surface area contributed by atoms with Gasteiger partial charge in [-0.2, -0.15) is 0 Å². The van der Waals surface area contributed by atoms with Crippen LogP contribution in [0, 0.1) is 0 Å². The summed E-state index contributed by atoms with van der Waals surface area (Å²) in [7, 11) is 1.70. The topological polar surface area (TPSA) is 72.7 Å². The summed E-state index contributed by atoms with van der Waals surface area (Å²) in [5.74, 6) is 0.365. The molecule has 88 valence electrons. The van der Waals surface area contributed by atoms with Crippen LogP contribution in [0.1, 0.15) is 5.82 Å². The molecule has 0 fully saturated rings. The first-order valence-electron chi connectivity index (χ1n) is 4.92. The van der Waals surface area contributed by atoms with Gasteiger partial charge in [0.2, 0.25) is 5.91 Å². The van der Waals surface area contributed by atoms with Crippen LogP contribution in [-0.4, -0.2) is 26.1 Å². The molecule has 0 atom stereocenters. The molecular weight excluding hydrogens is 286 g/mol. The molecule has 1 heterocycles. The quantitative estimate of drug-likeness (QED) is 0.922. The van der Waals surface area contributed by atoms with Crippen LogP contribution in [-0.2, 0) is 18.3 Å². The Morgan fingerprint density at radius 3 is 2.88 bits per heavy atom. The number of carbonyl (C=O) groups excluding carboxylic acids is 1. The molecule has 0 saturated heterocycles. The third kappa shape index (κ3) is 2.88. The second-order valence-electron chi connectivity index (χ2n) is 3.42. The fourth-order valence-electron chi connectivity index (χ4n) is 1.30. The normalized spacial score (nSPS) is 10.2. The molecule has 6 nitrogen and oxygen atoms in total. The van der Waals surface area contributed by atoms with Crippen LogP contribution in [0.25, 0.3) is 0 Å². The minimum absolute atomic E-state index is 0.144. The van der Waals surface area contributed by atoms with Crippen LogP contribution < -0.4 is 5.32 Å². The SMILES string of the molecule is Cn1nnnc1CC(=O)Nc1ccccc1Br. The maximum Gasteiger partial charge on any atom is 0.232 e. The highest BCUT2D eigenvalue weighted by Crippen LogP contribution is 2.21. The number of para-hydroxylation sites is 1. The highest BCUT2D eigenvalue weighted by Gasteiger charge is 2.10. The van der Waals surface area contributed by atoms with E-state index in [2.05, 4.69) is 36.8 Å². The number of carbonyl (C=O) groups is 1. The molecule has 1 aromatic heterocycles.